The Hall–Kier alpha value is -3.13. The average Bonchev–Trinajstić information content (AvgIpc) is 3.04. The van der Waals surface area contributed by atoms with Gasteiger partial charge < -0.3 is 14.1 Å². The van der Waals surface area contributed by atoms with E-state index in [-0.39, 0.29) is 11.6 Å². The fourth-order valence-electron chi connectivity index (χ4n) is 2.97. The summed E-state index contributed by atoms with van der Waals surface area (Å²) < 4.78 is 20.2. The Balaban J connectivity index is 1.65. The number of nitrogens with zero attached hydrogens (tertiary/aromatic N) is 3. The predicted octanol–water partition coefficient (Wildman–Crippen LogP) is 4.03. The van der Waals surface area contributed by atoms with E-state index in [1.54, 1.807) is 31.2 Å². The van der Waals surface area contributed by atoms with Gasteiger partial charge in [0.2, 0.25) is 0 Å². The first-order chi connectivity index (χ1) is 13.4. The number of phenols is 1. The lowest BCUT2D eigenvalue weighted by atomic mass is 10.1. The summed E-state index contributed by atoms with van der Waals surface area (Å²) in [6, 6.07) is 10.8. The summed E-state index contributed by atoms with van der Waals surface area (Å²) in [6.07, 6.45) is 0. The molecule has 6 nitrogen and oxygen atoms in total. The number of rotatable bonds is 4. The van der Waals surface area contributed by atoms with Crippen LogP contribution in [0.1, 0.15) is 11.1 Å². The van der Waals surface area contributed by atoms with Gasteiger partial charge in [0.15, 0.2) is 11.0 Å². The number of phenolic OH excluding ortho intramolecular Hbond substituents is 1. The van der Waals surface area contributed by atoms with Crippen LogP contribution in [0.25, 0.3) is 22.4 Å². The van der Waals surface area contributed by atoms with Gasteiger partial charge in [-0.05, 0) is 48.9 Å². The van der Waals surface area contributed by atoms with Crippen molar-refractivity contribution in [2.75, 3.05) is 0 Å². The maximum absolute atomic E-state index is 13.1. The Labute approximate surface area is 163 Å². The summed E-state index contributed by atoms with van der Waals surface area (Å²) in [5, 5.41) is 19.7. The average molecular weight is 397 g/mol. The smallest absolute Gasteiger partial charge is 0.336 e. The number of fused-ring (bicyclic) bond motifs is 1. The molecule has 2 aromatic carbocycles. The van der Waals surface area contributed by atoms with Crippen LogP contribution in [0.3, 0.4) is 0 Å². The van der Waals surface area contributed by atoms with Crippen molar-refractivity contribution in [3.63, 3.8) is 0 Å². The predicted molar refractivity (Wildman–Crippen MR) is 105 cm³/mol. The second-order valence-electron chi connectivity index (χ2n) is 6.34. The summed E-state index contributed by atoms with van der Waals surface area (Å²) in [4.78, 5) is 11.9. The molecule has 4 rings (SSSR count). The van der Waals surface area contributed by atoms with Crippen molar-refractivity contribution in [2.45, 2.75) is 17.8 Å². The molecule has 2 heterocycles. The first kappa shape index (κ1) is 18.2. The van der Waals surface area contributed by atoms with E-state index in [2.05, 4.69) is 10.2 Å². The third kappa shape index (κ3) is 3.27. The molecule has 0 aliphatic carbocycles. The molecule has 0 aliphatic rings. The Kier molecular flexibility index (Phi) is 4.64. The fourth-order valence-corrected chi connectivity index (χ4v) is 3.87. The van der Waals surface area contributed by atoms with Crippen LogP contribution >= 0.6 is 11.8 Å². The highest BCUT2D eigenvalue weighted by Crippen LogP contribution is 2.31. The minimum absolute atomic E-state index is 0.0812. The maximum Gasteiger partial charge on any atom is 0.336 e. The van der Waals surface area contributed by atoms with E-state index in [0.717, 1.165) is 16.5 Å². The summed E-state index contributed by atoms with van der Waals surface area (Å²) >= 11 is 1.42. The van der Waals surface area contributed by atoms with Gasteiger partial charge in [0.1, 0.15) is 17.1 Å². The monoisotopic (exact) mass is 397 g/mol. The molecule has 0 bridgehead atoms. The van der Waals surface area contributed by atoms with Crippen LogP contribution < -0.4 is 5.63 Å². The Morgan fingerprint density at radius 3 is 2.68 bits per heavy atom. The van der Waals surface area contributed by atoms with Crippen molar-refractivity contribution in [2.24, 2.45) is 7.05 Å². The molecule has 0 saturated carbocycles. The van der Waals surface area contributed by atoms with Crippen LogP contribution in [0, 0.1) is 12.7 Å². The second-order valence-corrected chi connectivity index (χ2v) is 7.28. The van der Waals surface area contributed by atoms with Gasteiger partial charge in [-0.2, -0.15) is 0 Å². The first-order valence-corrected chi connectivity index (χ1v) is 9.46. The highest BCUT2D eigenvalue weighted by atomic mass is 32.2. The second kappa shape index (κ2) is 7.12. The van der Waals surface area contributed by atoms with E-state index in [1.807, 2.05) is 11.6 Å². The van der Waals surface area contributed by atoms with Crippen LogP contribution in [-0.2, 0) is 12.8 Å². The Morgan fingerprint density at radius 2 is 1.93 bits per heavy atom. The van der Waals surface area contributed by atoms with Gasteiger partial charge in [-0.15, -0.1) is 10.2 Å². The summed E-state index contributed by atoms with van der Waals surface area (Å²) in [5.74, 6) is 0.872. The Morgan fingerprint density at radius 1 is 1.18 bits per heavy atom. The van der Waals surface area contributed by atoms with E-state index in [0.29, 0.717) is 27.9 Å². The highest BCUT2D eigenvalue weighted by Gasteiger charge is 2.14. The molecule has 2 aromatic heterocycles. The van der Waals surface area contributed by atoms with Gasteiger partial charge in [0.25, 0.3) is 0 Å². The fraction of sp³-hybridized carbons (Fsp3) is 0.150. The van der Waals surface area contributed by atoms with E-state index < -0.39 is 5.63 Å². The van der Waals surface area contributed by atoms with Crippen molar-refractivity contribution in [1.82, 2.24) is 14.8 Å². The van der Waals surface area contributed by atoms with Crippen molar-refractivity contribution >= 4 is 22.7 Å². The topological polar surface area (TPSA) is 81.2 Å². The quantitative estimate of drug-likeness (QED) is 0.414. The number of thioether (sulfide) groups is 1. The minimum Gasteiger partial charge on any atom is -0.508 e. The zero-order chi connectivity index (χ0) is 19.8. The third-order valence-electron chi connectivity index (χ3n) is 4.51. The van der Waals surface area contributed by atoms with Gasteiger partial charge in [0.05, 0.1) is 0 Å². The number of halogens is 1. The molecule has 142 valence electrons. The zero-order valence-corrected chi connectivity index (χ0v) is 16.0. The number of hydrogen-bond donors (Lipinski definition) is 1. The van der Waals surface area contributed by atoms with Gasteiger partial charge in [-0.3, -0.25) is 0 Å². The minimum atomic E-state index is -0.471. The summed E-state index contributed by atoms with van der Waals surface area (Å²) in [5.41, 5.74) is 1.99. The van der Waals surface area contributed by atoms with E-state index >= 15 is 0 Å². The Bertz CT molecular complexity index is 1230. The molecule has 4 aromatic rings. The molecule has 1 N–H and O–H groups in total. The number of hydrogen-bond acceptors (Lipinski definition) is 6. The van der Waals surface area contributed by atoms with Crippen molar-refractivity contribution in [3.05, 3.63) is 69.8 Å². The summed E-state index contributed by atoms with van der Waals surface area (Å²) in [6.45, 7) is 1.70. The van der Waals surface area contributed by atoms with Crippen molar-refractivity contribution in [1.29, 1.82) is 0 Å². The van der Waals surface area contributed by atoms with Crippen LogP contribution in [0.15, 0.2) is 56.8 Å². The molecule has 0 fully saturated rings. The summed E-state index contributed by atoms with van der Waals surface area (Å²) in [7, 11) is 1.83. The van der Waals surface area contributed by atoms with E-state index in [9.17, 15) is 14.3 Å². The van der Waals surface area contributed by atoms with E-state index in [1.165, 1.54) is 30.0 Å². The molecular weight excluding hydrogens is 381 g/mol. The molecule has 0 aliphatic heterocycles. The number of aromatic hydroxyl groups is 1. The molecule has 0 spiro atoms. The zero-order valence-electron chi connectivity index (χ0n) is 15.1. The molecule has 0 radical (unpaired) electrons. The highest BCUT2D eigenvalue weighted by molar-refractivity contribution is 7.98. The van der Waals surface area contributed by atoms with Crippen LogP contribution in [0.4, 0.5) is 4.39 Å². The number of benzene rings is 2. The molecule has 0 amide bonds. The molecule has 28 heavy (non-hydrogen) atoms. The lowest BCUT2D eigenvalue weighted by Gasteiger charge is -2.08. The maximum atomic E-state index is 13.1. The molecular formula is C20H16FN3O3S. The third-order valence-corrected chi connectivity index (χ3v) is 5.58. The molecule has 0 unspecified atom stereocenters. The first-order valence-electron chi connectivity index (χ1n) is 8.47. The molecule has 0 atom stereocenters. The normalized spacial score (nSPS) is 11.2. The molecule has 0 saturated heterocycles. The lowest BCUT2D eigenvalue weighted by molar-refractivity contribution is 0.468. The van der Waals surface area contributed by atoms with Crippen LogP contribution in [0.5, 0.6) is 5.75 Å². The lowest BCUT2D eigenvalue weighted by Crippen LogP contribution is -2.01. The SMILES string of the molecule is Cc1c(O)ccc2c(CSc3nnc(-c4ccc(F)cc4)n3C)cc(=O)oc12. The van der Waals surface area contributed by atoms with Gasteiger partial charge in [0, 0.05) is 35.4 Å². The molecule has 8 heteroatoms. The van der Waals surface area contributed by atoms with Crippen molar-refractivity contribution in [3.8, 4) is 17.1 Å². The largest absolute Gasteiger partial charge is 0.508 e. The number of aromatic nitrogens is 3. The number of aryl methyl sites for hydroxylation is 1. The van der Waals surface area contributed by atoms with Gasteiger partial charge in [-0.25, -0.2) is 9.18 Å². The standard InChI is InChI=1S/C20H16FN3O3S/c1-11-16(25)8-7-15-13(9-17(26)27-18(11)15)10-28-20-23-22-19(24(20)2)12-3-5-14(21)6-4-12/h3-9,25H,10H2,1-2H3. The van der Waals surface area contributed by atoms with Crippen LogP contribution in [-0.4, -0.2) is 19.9 Å². The van der Waals surface area contributed by atoms with E-state index in [4.69, 9.17) is 4.42 Å². The van der Waals surface area contributed by atoms with Gasteiger partial charge in [-0.1, -0.05) is 11.8 Å². The van der Waals surface area contributed by atoms with Gasteiger partial charge >= 0.3 is 5.63 Å². The van der Waals surface area contributed by atoms with Crippen molar-refractivity contribution < 1.29 is 13.9 Å². The van der Waals surface area contributed by atoms with Crippen LogP contribution in [0.2, 0.25) is 0 Å².